The Morgan fingerprint density at radius 3 is 2.00 bits per heavy atom. The van der Waals surface area contributed by atoms with E-state index in [1.165, 1.54) is 24.3 Å². The molecule has 1 amide bonds. The summed E-state index contributed by atoms with van der Waals surface area (Å²) >= 11 is 5.83. The summed E-state index contributed by atoms with van der Waals surface area (Å²) in [5, 5.41) is 3.17. The zero-order valence-electron chi connectivity index (χ0n) is 15.6. The molecule has 10 heteroatoms. The van der Waals surface area contributed by atoms with Crippen LogP contribution in [0.5, 0.6) is 0 Å². The summed E-state index contributed by atoms with van der Waals surface area (Å²) in [7, 11) is -6.99. The maximum Gasteiger partial charge on any atom is 0.241 e. The molecule has 0 saturated heterocycles. The highest BCUT2D eigenvalue weighted by Gasteiger charge is 2.22. The number of anilines is 1. The molecule has 1 N–H and O–H groups in total. The van der Waals surface area contributed by atoms with Gasteiger partial charge in [-0.2, -0.15) is 0 Å². The van der Waals surface area contributed by atoms with Gasteiger partial charge in [-0.3, -0.25) is 9.10 Å². The van der Waals surface area contributed by atoms with E-state index in [0.29, 0.717) is 16.3 Å². The van der Waals surface area contributed by atoms with E-state index in [9.17, 15) is 21.6 Å². The Morgan fingerprint density at radius 2 is 1.54 bits per heavy atom. The largest absolute Gasteiger partial charge is 0.348 e. The molecule has 0 aliphatic carbocycles. The highest BCUT2D eigenvalue weighted by Crippen LogP contribution is 2.21. The molecule has 1 atom stereocenters. The van der Waals surface area contributed by atoms with E-state index in [4.69, 9.17) is 11.6 Å². The molecule has 0 aliphatic rings. The first-order chi connectivity index (χ1) is 12.9. The maximum absolute atomic E-state index is 12.4. The first kappa shape index (κ1) is 22.2. The number of sulfone groups is 1. The fraction of sp³-hybridized carbons (Fsp3) is 0.278. The number of halogens is 1. The fourth-order valence-corrected chi connectivity index (χ4v) is 4.12. The van der Waals surface area contributed by atoms with E-state index in [0.717, 1.165) is 16.8 Å². The zero-order chi connectivity index (χ0) is 21.1. The summed E-state index contributed by atoms with van der Waals surface area (Å²) in [5.74, 6) is -0.500. The van der Waals surface area contributed by atoms with Crippen molar-refractivity contribution in [1.82, 2.24) is 5.32 Å². The van der Waals surface area contributed by atoms with Crippen LogP contribution >= 0.6 is 11.6 Å². The first-order valence-electron chi connectivity index (χ1n) is 8.20. The van der Waals surface area contributed by atoms with E-state index in [2.05, 4.69) is 5.32 Å². The number of amides is 1. The summed E-state index contributed by atoms with van der Waals surface area (Å²) in [6.45, 7) is 1.33. The highest BCUT2D eigenvalue weighted by atomic mass is 35.5. The van der Waals surface area contributed by atoms with Crippen LogP contribution in [0.4, 0.5) is 5.69 Å². The van der Waals surface area contributed by atoms with Gasteiger partial charge in [0.05, 0.1) is 22.9 Å². The second-order valence-electron chi connectivity index (χ2n) is 6.38. The van der Waals surface area contributed by atoms with Crippen LogP contribution < -0.4 is 9.62 Å². The van der Waals surface area contributed by atoms with Gasteiger partial charge >= 0.3 is 0 Å². The minimum absolute atomic E-state index is 0.181. The predicted molar refractivity (Wildman–Crippen MR) is 110 cm³/mol. The molecule has 0 bridgehead atoms. The van der Waals surface area contributed by atoms with Gasteiger partial charge in [-0.05, 0) is 48.9 Å². The monoisotopic (exact) mass is 444 g/mol. The average Bonchev–Trinajstić information content (AvgIpc) is 2.59. The Morgan fingerprint density at radius 1 is 1.00 bits per heavy atom. The molecule has 0 unspecified atom stereocenters. The Kier molecular flexibility index (Phi) is 6.74. The number of carbonyl (C=O) groups is 1. The van der Waals surface area contributed by atoms with Gasteiger partial charge in [-0.15, -0.1) is 0 Å². The third kappa shape index (κ3) is 5.95. The van der Waals surface area contributed by atoms with Crippen LogP contribution in [0.15, 0.2) is 53.4 Å². The molecule has 152 valence electrons. The second-order valence-corrected chi connectivity index (χ2v) is 10.7. The number of carbonyl (C=O) groups excluding carboxylic acids is 1. The third-order valence-electron chi connectivity index (χ3n) is 3.99. The van der Waals surface area contributed by atoms with Crippen molar-refractivity contribution in [2.24, 2.45) is 0 Å². The summed E-state index contributed by atoms with van der Waals surface area (Å²) in [4.78, 5) is 12.6. The molecule has 0 spiro atoms. The van der Waals surface area contributed by atoms with Crippen molar-refractivity contribution in [1.29, 1.82) is 0 Å². The molecule has 7 nitrogen and oxygen atoms in total. The second kappa shape index (κ2) is 8.50. The lowest BCUT2D eigenvalue weighted by atomic mass is 10.1. The molecule has 0 aliphatic heterocycles. The molecule has 0 saturated carbocycles. The summed E-state index contributed by atoms with van der Waals surface area (Å²) in [5.41, 5.74) is 1.02. The van der Waals surface area contributed by atoms with Gasteiger partial charge < -0.3 is 5.32 Å². The SMILES string of the molecule is C[C@H](NC(=O)CN(c1ccc(Cl)cc1)S(C)(=O)=O)c1ccc(S(C)(=O)=O)cc1. The summed E-state index contributed by atoms with van der Waals surface area (Å²) in [6.07, 6.45) is 2.13. The predicted octanol–water partition coefficient (Wildman–Crippen LogP) is 2.39. The Bertz CT molecular complexity index is 1050. The number of hydrogen-bond donors (Lipinski definition) is 1. The molecule has 0 heterocycles. The highest BCUT2D eigenvalue weighted by molar-refractivity contribution is 7.92. The summed E-state index contributed by atoms with van der Waals surface area (Å²) in [6, 6.07) is 11.8. The summed E-state index contributed by atoms with van der Waals surface area (Å²) < 4.78 is 48.2. The van der Waals surface area contributed by atoms with Gasteiger partial charge in [0.25, 0.3) is 0 Å². The number of nitrogens with zero attached hydrogens (tertiary/aromatic N) is 1. The topological polar surface area (TPSA) is 101 Å². The van der Waals surface area contributed by atoms with Crippen LogP contribution in [0.1, 0.15) is 18.5 Å². The van der Waals surface area contributed by atoms with Crippen LogP contribution in [0, 0.1) is 0 Å². The van der Waals surface area contributed by atoms with Crippen LogP contribution in [-0.2, 0) is 24.7 Å². The van der Waals surface area contributed by atoms with Crippen molar-refractivity contribution in [2.45, 2.75) is 17.9 Å². The Hall–Kier alpha value is -2.10. The lowest BCUT2D eigenvalue weighted by Gasteiger charge is -2.23. The standard InChI is InChI=1S/C18H21ClN2O5S2/c1-13(14-4-10-17(11-5-14)27(2,23)24)20-18(22)12-21(28(3,25)26)16-8-6-15(19)7-9-16/h4-11,13H,12H2,1-3H3,(H,20,22)/t13-/m0/s1. The Labute approximate surface area is 170 Å². The minimum atomic E-state index is -3.69. The van der Waals surface area contributed by atoms with Crippen LogP contribution in [-0.4, -0.2) is 41.8 Å². The maximum atomic E-state index is 12.4. The van der Waals surface area contributed by atoms with E-state index >= 15 is 0 Å². The van der Waals surface area contributed by atoms with Crippen molar-refractivity contribution < 1.29 is 21.6 Å². The van der Waals surface area contributed by atoms with Crippen molar-refractivity contribution in [3.8, 4) is 0 Å². The third-order valence-corrected chi connectivity index (χ3v) is 6.51. The quantitative estimate of drug-likeness (QED) is 0.706. The van der Waals surface area contributed by atoms with Crippen LogP contribution in [0.2, 0.25) is 5.02 Å². The first-order valence-corrected chi connectivity index (χ1v) is 12.3. The molecular formula is C18H21ClN2O5S2. The molecular weight excluding hydrogens is 424 g/mol. The molecule has 2 aromatic rings. The number of rotatable bonds is 7. The minimum Gasteiger partial charge on any atom is -0.348 e. The number of nitrogens with one attached hydrogen (secondary N) is 1. The number of sulfonamides is 1. The van der Waals surface area contributed by atoms with Crippen LogP contribution in [0.3, 0.4) is 0 Å². The van der Waals surface area contributed by atoms with Gasteiger partial charge in [0.2, 0.25) is 15.9 Å². The van der Waals surface area contributed by atoms with E-state index < -0.39 is 38.4 Å². The number of hydrogen-bond acceptors (Lipinski definition) is 5. The average molecular weight is 445 g/mol. The smallest absolute Gasteiger partial charge is 0.241 e. The van der Waals surface area contributed by atoms with E-state index in [-0.39, 0.29) is 4.90 Å². The molecule has 0 fully saturated rings. The van der Waals surface area contributed by atoms with Crippen molar-refractivity contribution in [2.75, 3.05) is 23.4 Å². The van der Waals surface area contributed by atoms with Gasteiger partial charge in [0.15, 0.2) is 9.84 Å². The molecule has 0 radical (unpaired) electrons. The van der Waals surface area contributed by atoms with Crippen molar-refractivity contribution in [3.05, 3.63) is 59.1 Å². The molecule has 2 rings (SSSR count). The van der Waals surface area contributed by atoms with Crippen LogP contribution in [0.25, 0.3) is 0 Å². The molecule has 28 heavy (non-hydrogen) atoms. The van der Waals surface area contributed by atoms with Crippen molar-refractivity contribution >= 4 is 43.1 Å². The number of benzene rings is 2. The van der Waals surface area contributed by atoms with E-state index in [1.807, 2.05) is 0 Å². The Balaban J connectivity index is 2.13. The van der Waals surface area contributed by atoms with Gasteiger partial charge in [-0.25, -0.2) is 16.8 Å². The van der Waals surface area contributed by atoms with Gasteiger partial charge in [0, 0.05) is 11.3 Å². The van der Waals surface area contributed by atoms with Crippen molar-refractivity contribution in [3.63, 3.8) is 0 Å². The molecule has 0 aromatic heterocycles. The fourth-order valence-electron chi connectivity index (χ4n) is 2.51. The normalized spacial score (nSPS) is 13.0. The lowest BCUT2D eigenvalue weighted by Crippen LogP contribution is -2.41. The zero-order valence-corrected chi connectivity index (χ0v) is 18.0. The molecule has 2 aromatic carbocycles. The van der Waals surface area contributed by atoms with Gasteiger partial charge in [-0.1, -0.05) is 23.7 Å². The van der Waals surface area contributed by atoms with Gasteiger partial charge in [0.1, 0.15) is 6.54 Å². The lowest BCUT2D eigenvalue weighted by molar-refractivity contribution is -0.120. The van der Waals surface area contributed by atoms with E-state index in [1.54, 1.807) is 31.2 Å².